The Morgan fingerprint density at radius 3 is 2.91 bits per heavy atom. The Hall–Kier alpha value is -1.64. The first-order valence-corrected chi connectivity index (χ1v) is 7.30. The summed E-state index contributed by atoms with van der Waals surface area (Å²) in [6, 6.07) is 4.43. The van der Waals surface area contributed by atoms with Crippen molar-refractivity contribution in [3.8, 4) is 0 Å². The van der Waals surface area contributed by atoms with Gasteiger partial charge in [0.05, 0.1) is 30.8 Å². The number of carbonyl (C=O) groups is 1. The molecule has 1 aromatic rings. The number of aliphatic hydroxyl groups excluding tert-OH is 1. The van der Waals surface area contributed by atoms with Crippen molar-refractivity contribution in [2.24, 2.45) is 0 Å². The number of hydrogen-bond acceptors (Lipinski definition) is 4. The second kappa shape index (κ2) is 7.76. The SMILES string of the molecule is O=C(CC1CNCCO1)NCC(O)c1cccc(C(F)(F)F)c1. The lowest BCUT2D eigenvalue weighted by atomic mass is 10.1. The molecule has 1 amide bonds. The Morgan fingerprint density at radius 1 is 1.48 bits per heavy atom. The van der Waals surface area contributed by atoms with Gasteiger partial charge in [-0.2, -0.15) is 13.2 Å². The minimum Gasteiger partial charge on any atom is -0.387 e. The Balaban J connectivity index is 1.84. The number of benzene rings is 1. The van der Waals surface area contributed by atoms with Gasteiger partial charge in [-0.15, -0.1) is 0 Å². The molecule has 0 saturated carbocycles. The number of amides is 1. The number of halogens is 3. The predicted octanol–water partition coefficient (Wildman–Crippen LogP) is 1.23. The van der Waals surface area contributed by atoms with Gasteiger partial charge >= 0.3 is 6.18 Å². The minimum absolute atomic E-state index is 0.107. The molecule has 128 valence electrons. The summed E-state index contributed by atoms with van der Waals surface area (Å²) in [6.45, 7) is 1.70. The largest absolute Gasteiger partial charge is 0.416 e. The van der Waals surface area contributed by atoms with E-state index in [-0.39, 0.29) is 30.5 Å². The predicted molar refractivity (Wildman–Crippen MR) is 76.6 cm³/mol. The van der Waals surface area contributed by atoms with Gasteiger partial charge in [-0.3, -0.25) is 4.79 Å². The van der Waals surface area contributed by atoms with Crippen LogP contribution in [-0.4, -0.2) is 43.4 Å². The van der Waals surface area contributed by atoms with Gasteiger partial charge in [-0.25, -0.2) is 0 Å². The molecular formula is C15H19F3N2O3. The molecule has 3 N–H and O–H groups in total. The van der Waals surface area contributed by atoms with Gasteiger partial charge in [0.15, 0.2) is 0 Å². The number of aliphatic hydroxyl groups is 1. The van der Waals surface area contributed by atoms with Crippen LogP contribution in [0.25, 0.3) is 0 Å². The van der Waals surface area contributed by atoms with Gasteiger partial charge in [-0.05, 0) is 17.7 Å². The third-order valence-electron chi connectivity index (χ3n) is 3.51. The molecule has 23 heavy (non-hydrogen) atoms. The molecule has 1 saturated heterocycles. The number of ether oxygens (including phenoxy) is 1. The number of nitrogens with one attached hydrogen (secondary N) is 2. The molecule has 0 spiro atoms. The third kappa shape index (κ3) is 5.49. The summed E-state index contributed by atoms with van der Waals surface area (Å²) < 4.78 is 43.3. The lowest BCUT2D eigenvalue weighted by Gasteiger charge is -2.23. The second-order valence-electron chi connectivity index (χ2n) is 5.34. The van der Waals surface area contributed by atoms with Gasteiger partial charge in [0.25, 0.3) is 0 Å². The van der Waals surface area contributed by atoms with Crippen molar-refractivity contribution < 1.29 is 27.8 Å². The fraction of sp³-hybridized carbons (Fsp3) is 0.533. The minimum atomic E-state index is -4.47. The Morgan fingerprint density at radius 2 is 2.26 bits per heavy atom. The van der Waals surface area contributed by atoms with Crippen molar-refractivity contribution in [2.45, 2.75) is 24.8 Å². The monoisotopic (exact) mass is 332 g/mol. The van der Waals surface area contributed by atoms with Crippen LogP contribution in [0.5, 0.6) is 0 Å². The summed E-state index contributed by atoms with van der Waals surface area (Å²) in [5.74, 6) is -0.315. The highest BCUT2D eigenvalue weighted by atomic mass is 19.4. The molecule has 1 aliphatic heterocycles. The Labute approximate surface area is 131 Å². The van der Waals surface area contributed by atoms with E-state index in [9.17, 15) is 23.1 Å². The van der Waals surface area contributed by atoms with E-state index in [1.165, 1.54) is 12.1 Å². The first-order chi connectivity index (χ1) is 10.9. The smallest absolute Gasteiger partial charge is 0.387 e. The third-order valence-corrected chi connectivity index (χ3v) is 3.51. The highest BCUT2D eigenvalue weighted by molar-refractivity contribution is 5.76. The van der Waals surface area contributed by atoms with Crippen LogP contribution in [0, 0.1) is 0 Å². The summed E-state index contributed by atoms with van der Waals surface area (Å²) in [7, 11) is 0. The van der Waals surface area contributed by atoms with Crippen LogP contribution >= 0.6 is 0 Å². The maximum atomic E-state index is 12.6. The highest BCUT2D eigenvalue weighted by Gasteiger charge is 2.30. The van der Waals surface area contributed by atoms with Crippen molar-refractivity contribution >= 4 is 5.91 Å². The fourth-order valence-corrected chi connectivity index (χ4v) is 2.28. The van der Waals surface area contributed by atoms with E-state index in [2.05, 4.69) is 10.6 Å². The molecule has 0 bridgehead atoms. The fourth-order valence-electron chi connectivity index (χ4n) is 2.28. The average molecular weight is 332 g/mol. The van der Waals surface area contributed by atoms with Crippen molar-refractivity contribution in [3.05, 3.63) is 35.4 Å². The summed E-state index contributed by atoms with van der Waals surface area (Å²) >= 11 is 0. The first-order valence-electron chi connectivity index (χ1n) is 7.30. The van der Waals surface area contributed by atoms with E-state index in [4.69, 9.17) is 4.74 Å². The number of hydrogen-bond donors (Lipinski definition) is 3. The Bertz CT molecular complexity index is 531. The molecule has 2 atom stereocenters. The summed E-state index contributed by atoms with van der Waals surface area (Å²) in [4.78, 5) is 11.8. The van der Waals surface area contributed by atoms with Crippen LogP contribution in [0.15, 0.2) is 24.3 Å². The molecule has 5 nitrogen and oxygen atoms in total. The van der Waals surface area contributed by atoms with Gasteiger partial charge in [0.2, 0.25) is 5.91 Å². The molecule has 1 fully saturated rings. The number of morpholine rings is 1. The molecule has 0 aliphatic carbocycles. The van der Waals surface area contributed by atoms with Crippen LogP contribution < -0.4 is 10.6 Å². The van der Waals surface area contributed by atoms with E-state index in [1.807, 2.05) is 0 Å². The molecule has 1 aliphatic rings. The lowest BCUT2D eigenvalue weighted by molar-refractivity contribution is -0.137. The molecule has 1 aromatic carbocycles. The van der Waals surface area contributed by atoms with Gasteiger partial charge in [-0.1, -0.05) is 12.1 Å². The zero-order chi connectivity index (χ0) is 16.9. The average Bonchev–Trinajstić information content (AvgIpc) is 2.53. The molecule has 2 rings (SSSR count). The van der Waals surface area contributed by atoms with Crippen LogP contribution in [0.3, 0.4) is 0 Å². The topological polar surface area (TPSA) is 70.6 Å². The summed E-state index contributed by atoms with van der Waals surface area (Å²) in [5, 5.41) is 15.5. The van der Waals surface area contributed by atoms with E-state index in [1.54, 1.807) is 0 Å². The summed E-state index contributed by atoms with van der Waals surface area (Å²) in [6.07, 6.45) is -5.76. The maximum Gasteiger partial charge on any atom is 0.416 e. The van der Waals surface area contributed by atoms with Gasteiger partial charge < -0.3 is 20.5 Å². The number of carbonyl (C=O) groups excluding carboxylic acids is 1. The molecule has 0 radical (unpaired) electrons. The maximum absolute atomic E-state index is 12.6. The zero-order valence-corrected chi connectivity index (χ0v) is 12.4. The van der Waals surface area contributed by atoms with E-state index in [0.29, 0.717) is 13.2 Å². The molecule has 8 heteroatoms. The van der Waals surface area contributed by atoms with Crippen LogP contribution in [-0.2, 0) is 15.7 Å². The lowest BCUT2D eigenvalue weighted by Crippen LogP contribution is -2.41. The van der Waals surface area contributed by atoms with E-state index in [0.717, 1.165) is 18.7 Å². The number of alkyl halides is 3. The van der Waals surface area contributed by atoms with Gasteiger partial charge in [0.1, 0.15) is 0 Å². The molecular weight excluding hydrogens is 313 g/mol. The second-order valence-corrected chi connectivity index (χ2v) is 5.34. The standard InChI is InChI=1S/C15H19F3N2O3/c16-15(17,18)11-3-1-2-10(6-11)13(21)9-20-14(22)7-12-8-19-4-5-23-12/h1-3,6,12-13,19,21H,4-5,7-9H2,(H,20,22). The zero-order valence-electron chi connectivity index (χ0n) is 12.4. The molecule has 0 aromatic heterocycles. The normalized spacial score (nSPS) is 20.1. The molecule has 2 unspecified atom stereocenters. The van der Waals surface area contributed by atoms with E-state index >= 15 is 0 Å². The first kappa shape index (κ1) is 17.7. The quantitative estimate of drug-likeness (QED) is 0.759. The van der Waals surface area contributed by atoms with Crippen LogP contribution in [0.4, 0.5) is 13.2 Å². The van der Waals surface area contributed by atoms with Gasteiger partial charge in [0, 0.05) is 19.6 Å². The summed E-state index contributed by atoms with van der Waals surface area (Å²) in [5.41, 5.74) is -0.724. The highest BCUT2D eigenvalue weighted by Crippen LogP contribution is 2.30. The number of rotatable bonds is 5. The van der Waals surface area contributed by atoms with Crippen molar-refractivity contribution in [1.82, 2.24) is 10.6 Å². The van der Waals surface area contributed by atoms with Crippen molar-refractivity contribution in [3.63, 3.8) is 0 Å². The van der Waals surface area contributed by atoms with Crippen LogP contribution in [0.1, 0.15) is 23.7 Å². The van der Waals surface area contributed by atoms with E-state index < -0.39 is 17.8 Å². The van der Waals surface area contributed by atoms with Crippen molar-refractivity contribution in [1.29, 1.82) is 0 Å². The molecule has 1 heterocycles. The van der Waals surface area contributed by atoms with Crippen LogP contribution in [0.2, 0.25) is 0 Å². The Kier molecular flexibility index (Phi) is 5.97. The van der Waals surface area contributed by atoms with Crippen molar-refractivity contribution in [2.75, 3.05) is 26.2 Å².